The number of thiophene rings is 1. The number of hydrogen-bond donors (Lipinski definition) is 1. The number of halogens is 1. The van der Waals surface area contributed by atoms with E-state index in [2.05, 4.69) is 54.2 Å². The minimum atomic E-state index is 0.644. The molecule has 19 heavy (non-hydrogen) atoms. The van der Waals surface area contributed by atoms with Crippen LogP contribution in [0.15, 0.2) is 15.9 Å². The van der Waals surface area contributed by atoms with Crippen LogP contribution in [0.5, 0.6) is 0 Å². The van der Waals surface area contributed by atoms with Gasteiger partial charge < -0.3 is 5.32 Å². The molecule has 2 aromatic heterocycles. The van der Waals surface area contributed by atoms with Crippen LogP contribution >= 0.6 is 38.6 Å². The molecule has 0 fully saturated rings. The van der Waals surface area contributed by atoms with E-state index < -0.39 is 0 Å². The van der Waals surface area contributed by atoms with Crippen molar-refractivity contribution in [2.45, 2.75) is 33.7 Å². The summed E-state index contributed by atoms with van der Waals surface area (Å²) in [7, 11) is 0. The highest BCUT2D eigenvalue weighted by Gasteiger charge is 2.14. The number of nitrogens with one attached hydrogen (secondary N) is 1. The first-order valence-electron chi connectivity index (χ1n) is 6.55. The Bertz CT molecular complexity index is 531. The third-order valence-electron chi connectivity index (χ3n) is 2.70. The van der Waals surface area contributed by atoms with Gasteiger partial charge in [-0.15, -0.1) is 22.7 Å². The first-order valence-corrected chi connectivity index (χ1v) is 8.97. The number of aromatic nitrogens is 1. The van der Waals surface area contributed by atoms with E-state index in [0.717, 1.165) is 28.3 Å². The van der Waals surface area contributed by atoms with E-state index in [1.165, 1.54) is 15.4 Å². The third kappa shape index (κ3) is 4.12. The van der Waals surface area contributed by atoms with Crippen LogP contribution in [0.3, 0.4) is 0 Å². The van der Waals surface area contributed by atoms with Crippen LogP contribution in [0, 0.1) is 5.92 Å². The minimum Gasteiger partial charge on any atom is -0.312 e. The van der Waals surface area contributed by atoms with Gasteiger partial charge in [-0.25, -0.2) is 4.98 Å². The van der Waals surface area contributed by atoms with E-state index in [0.29, 0.717) is 5.92 Å². The van der Waals surface area contributed by atoms with Crippen LogP contribution in [0.4, 0.5) is 0 Å². The monoisotopic (exact) mass is 358 g/mol. The molecule has 0 radical (unpaired) electrons. The molecule has 0 aliphatic rings. The van der Waals surface area contributed by atoms with Crippen molar-refractivity contribution in [3.8, 4) is 9.88 Å². The summed E-state index contributed by atoms with van der Waals surface area (Å²) in [4.78, 5) is 7.49. The predicted molar refractivity (Wildman–Crippen MR) is 89.0 cm³/mol. The average Bonchev–Trinajstić information content (AvgIpc) is 2.93. The van der Waals surface area contributed by atoms with Gasteiger partial charge in [0.1, 0.15) is 5.01 Å². The van der Waals surface area contributed by atoms with Gasteiger partial charge in [0.25, 0.3) is 0 Å². The maximum absolute atomic E-state index is 4.85. The van der Waals surface area contributed by atoms with Gasteiger partial charge in [-0.3, -0.25) is 0 Å². The molecule has 5 heteroatoms. The fraction of sp³-hybridized carbons (Fsp3) is 0.500. The zero-order valence-corrected chi connectivity index (χ0v) is 14.7. The quantitative estimate of drug-likeness (QED) is 0.790. The normalized spacial score (nSPS) is 11.4. The summed E-state index contributed by atoms with van der Waals surface area (Å²) in [6.45, 7) is 8.57. The van der Waals surface area contributed by atoms with Crippen LogP contribution < -0.4 is 5.32 Å². The molecule has 0 unspecified atom stereocenters. The fourth-order valence-corrected chi connectivity index (χ4v) is 4.34. The van der Waals surface area contributed by atoms with Gasteiger partial charge in [-0.1, -0.05) is 20.8 Å². The van der Waals surface area contributed by atoms with Crippen molar-refractivity contribution in [2.75, 3.05) is 6.54 Å². The molecule has 0 spiro atoms. The van der Waals surface area contributed by atoms with E-state index >= 15 is 0 Å². The molecular weight excluding hydrogens is 340 g/mol. The zero-order valence-electron chi connectivity index (χ0n) is 11.5. The van der Waals surface area contributed by atoms with Crippen LogP contribution in [0.2, 0.25) is 0 Å². The highest BCUT2D eigenvalue weighted by Crippen LogP contribution is 2.35. The molecule has 0 saturated carbocycles. The van der Waals surface area contributed by atoms with Crippen molar-refractivity contribution >= 4 is 38.6 Å². The van der Waals surface area contributed by atoms with Crippen molar-refractivity contribution in [1.82, 2.24) is 10.3 Å². The number of nitrogens with zero attached hydrogens (tertiary/aromatic N) is 1. The Kier molecular flexibility index (Phi) is 5.57. The first kappa shape index (κ1) is 15.2. The lowest BCUT2D eigenvalue weighted by atomic mass is 10.1. The molecule has 104 valence electrons. The largest absolute Gasteiger partial charge is 0.312 e. The van der Waals surface area contributed by atoms with Crippen molar-refractivity contribution in [2.24, 2.45) is 5.92 Å². The number of hydrogen-bond acceptors (Lipinski definition) is 4. The van der Waals surface area contributed by atoms with E-state index in [9.17, 15) is 0 Å². The summed E-state index contributed by atoms with van der Waals surface area (Å²) in [5.41, 5.74) is 1.26. The standard InChI is InChI=1S/C14H19BrN2S2/c1-4-16-8-12-10(7-9(2)3)17-14(19-12)11-5-6-13(15)18-11/h5-6,9,16H,4,7-8H2,1-3H3. The Morgan fingerprint density at radius 3 is 2.68 bits per heavy atom. The van der Waals surface area contributed by atoms with Gasteiger partial charge in [-0.05, 0) is 46.9 Å². The maximum atomic E-state index is 4.85. The molecule has 2 nitrogen and oxygen atoms in total. The van der Waals surface area contributed by atoms with Crippen molar-refractivity contribution in [3.63, 3.8) is 0 Å². The summed E-state index contributed by atoms with van der Waals surface area (Å²) < 4.78 is 1.16. The predicted octanol–water partition coefficient (Wildman–Crippen LogP) is 4.94. The smallest absolute Gasteiger partial charge is 0.133 e. The van der Waals surface area contributed by atoms with E-state index in [1.807, 2.05) is 11.3 Å². The Morgan fingerprint density at radius 2 is 2.11 bits per heavy atom. The third-order valence-corrected chi connectivity index (χ3v) is 5.59. The van der Waals surface area contributed by atoms with Gasteiger partial charge in [0.2, 0.25) is 0 Å². The van der Waals surface area contributed by atoms with E-state index in [4.69, 9.17) is 4.98 Å². The molecule has 1 N–H and O–H groups in total. The molecule has 0 aromatic carbocycles. The summed E-state index contributed by atoms with van der Waals surface area (Å²) in [6.07, 6.45) is 1.06. The second kappa shape index (κ2) is 6.97. The highest BCUT2D eigenvalue weighted by atomic mass is 79.9. The molecule has 2 rings (SSSR count). The summed E-state index contributed by atoms with van der Waals surface area (Å²) in [5, 5.41) is 4.56. The lowest BCUT2D eigenvalue weighted by Crippen LogP contribution is -2.12. The van der Waals surface area contributed by atoms with Crippen molar-refractivity contribution in [1.29, 1.82) is 0 Å². The lowest BCUT2D eigenvalue weighted by molar-refractivity contribution is 0.628. The summed E-state index contributed by atoms with van der Waals surface area (Å²) >= 11 is 7.09. The van der Waals surface area contributed by atoms with Crippen LogP contribution in [0.25, 0.3) is 9.88 Å². The second-order valence-electron chi connectivity index (χ2n) is 4.87. The molecule has 0 saturated heterocycles. The average molecular weight is 359 g/mol. The maximum Gasteiger partial charge on any atom is 0.133 e. The minimum absolute atomic E-state index is 0.644. The molecule has 0 aliphatic heterocycles. The summed E-state index contributed by atoms with van der Waals surface area (Å²) in [5.74, 6) is 0.644. The Labute approximate surface area is 131 Å². The van der Waals surface area contributed by atoms with Crippen LogP contribution in [0.1, 0.15) is 31.3 Å². The Morgan fingerprint density at radius 1 is 1.32 bits per heavy atom. The zero-order chi connectivity index (χ0) is 13.8. The van der Waals surface area contributed by atoms with E-state index in [1.54, 1.807) is 11.3 Å². The molecule has 2 heterocycles. The van der Waals surface area contributed by atoms with Crippen LogP contribution in [-0.2, 0) is 13.0 Å². The van der Waals surface area contributed by atoms with Crippen molar-refractivity contribution < 1.29 is 0 Å². The fourth-order valence-electron chi connectivity index (χ4n) is 1.84. The van der Waals surface area contributed by atoms with Gasteiger partial charge in [-0.2, -0.15) is 0 Å². The molecule has 0 bridgehead atoms. The molecule has 0 aliphatic carbocycles. The SMILES string of the molecule is CCNCc1sc(-c2ccc(Br)s2)nc1CC(C)C. The molecule has 0 amide bonds. The van der Waals surface area contributed by atoms with Gasteiger partial charge in [0.05, 0.1) is 14.4 Å². The van der Waals surface area contributed by atoms with Crippen molar-refractivity contribution in [3.05, 3.63) is 26.5 Å². The lowest BCUT2D eigenvalue weighted by Gasteiger charge is -2.04. The topological polar surface area (TPSA) is 24.9 Å². The van der Waals surface area contributed by atoms with Gasteiger partial charge in [0, 0.05) is 11.4 Å². The first-order chi connectivity index (χ1) is 9.10. The van der Waals surface area contributed by atoms with Crippen LogP contribution in [-0.4, -0.2) is 11.5 Å². The Balaban J connectivity index is 2.27. The van der Waals surface area contributed by atoms with Gasteiger partial charge >= 0.3 is 0 Å². The van der Waals surface area contributed by atoms with E-state index in [-0.39, 0.29) is 0 Å². The second-order valence-corrected chi connectivity index (χ2v) is 8.42. The number of thiazole rings is 1. The van der Waals surface area contributed by atoms with Gasteiger partial charge in [0.15, 0.2) is 0 Å². The molecule has 0 atom stereocenters. The number of rotatable bonds is 6. The highest BCUT2D eigenvalue weighted by molar-refractivity contribution is 9.11. The summed E-state index contributed by atoms with van der Waals surface area (Å²) in [6, 6.07) is 4.23. The molecule has 2 aromatic rings. The Hall–Kier alpha value is -0.230. The molecular formula is C14H19BrN2S2.